The largest absolute Gasteiger partial charge is 0.465 e. The Kier molecular flexibility index (Phi) is 11.7. The van der Waals surface area contributed by atoms with Crippen molar-refractivity contribution in [2.45, 2.75) is 25.7 Å². The van der Waals surface area contributed by atoms with E-state index in [2.05, 4.69) is 9.47 Å². The minimum atomic E-state index is -0.476. The summed E-state index contributed by atoms with van der Waals surface area (Å²) in [6.07, 6.45) is 3.83. The van der Waals surface area contributed by atoms with Crippen LogP contribution >= 0.6 is 0 Å². The minimum Gasteiger partial charge on any atom is -0.465 e. The maximum Gasteiger partial charge on any atom is 0.337 e. The Bertz CT molecular complexity index is 407. The van der Waals surface area contributed by atoms with Crippen LogP contribution in [0, 0.1) is 0 Å². The summed E-state index contributed by atoms with van der Waals surface area (Å²) in [5.74, 6) is -0.952. The lowest BCUT2D eigenvalue weighted by molar-refractivity contribution is 0.0599. The SMILES string of the molecule is COC(=O)c1cccc(C(=O)OC)c1.OCCCCCCO. The van der Waals surface area contributed by atoms with E-state index in [0.717, 1.165) is 25.7 Å². The lowest BCUT2D eigenvalue weighted by Gasteiger charge is -2.01. The molecule has 0 radical (unpaired) electrons. The maximum atomic E-state index is 11.1. The number of benzene rings is 1. The van der Waals surface area contributed by atoms with Gasteiger partial charge in [-0.05, 0) is 31.0 Å². The lowest BCUT2D eigenvalue weighted by Crippen LogP contribution is -2.05. The summed E-state index contributed by atoms with van der Waals surface area (Å²) in [6, 6.07) is 6.16. The van der Waals surface area contributed by atoms with Crippen LogP contribution in [0.25, 0.3) is 0 Å². The quantitative estimate of drug-likeness (QED) is 0.589. The Balaban J connectivity index is 0.000000472. The van der Waals surface area contributed by atoms with E-state index in [1.54, 1.807) is 18.2 Å². The first-order valence-corrected chi connectivity index (χ1v) is 7.09. The molecule has 1 aromatic rings. The van der Waals surface area contributed by atoms with Crippen LogP contribution in [0.15, 0.2) is 24.3 Å². The van der Waals surface area contributed by atoms with E-state index >= 15 is 0 Å². The highest BCUT2D eigenvalue weighted by atomic mass is 16.5. The molecule has 0 heterocycles. The van der Waals surface area contributed by atoms with Gasteiger partial charge in [0.2, 0.25) is 0 Å². The summed E-state index contributed by atoms with van der Waals surface area (Å²) in [4.78, 5) is 22.2. The number of carbonyl (C=O) groups is 2. The van der Waals surface area contributed by atoms with E-state index in [0.29, 0.717) is 11.1 Å². The number of aliphatic hydroxyl groups is 2. The van der Waals surface area contributed by atoms with E-state index < -0.39 is 11.9 Å². The second kappa shape index (κ2) is 12.8. The smallest absolute Gasteiger partial charge is 0.337 e. The fourth-order valence-electron chi connectivity index (χ4n) is 1.59. The molecule has 0 spiro atoms. The molecule has 124 valence electrons. The summed E-state index contributed by atoms with van der Waals surface area (Å²) >= 11 is 0. The molecule has 6 nitrogen and oxygen atoms in total. The minimum absolute atomic E-state index is 0.283. The predicted molar refractivity (Wildman–Crippen MR) is 81.8 cm³/mol. The molecule has 0 unspecified atom stereocenters. The molecule has 1 aromatic carbocycles. The van der Waals surface area contributed by atoms with E-state index in [4.69, 9.17) is 10.2 Å². The molecule has 0 aromatic heterocycles. The van der Waals surface area contributed by atoms with Crippen molar-refractivity contribution in [2.75, 3.05) is 27.4 Å². The molecule has 0 fully saturated rings. The molecular formula is C16H24O6. The Morgan fingerprint density at radius 1 is 0.864 bits per heavy atom. The highest BCUT2D eigenvalue weighted by Gasteiger charge is 2.09. The van der Waals surface area contributed by atoms with E-state index in [1.807, 2.05) is 0 Å². The summed E-state index contributed by atoms with van der Waals surface area (Å²) < 4.78 is 9.03. The van der Waals surface area contributed by atoms with Gasteiger partial charge in [-0.25, -0.2) is 9.59 Å². The summed E-state index contributed by atoms with van der Waals surface area (Å²) in [7, 11) is 2.57. The van der Waals surface area contributed by atoms with Crippen molar-refractivity contribution < 1.29 is 29.3 Å². The molecule has 0 aliphatic heterocycles. The van der Waals surface area contributed by atoms with Gasteiger partial charge < -0.3 is 19.7 Å². The van der Waals surface area contributed by atoms with Crippen LogP contribution in [0.5, 0.6) is 0 Å². The zero-order valence-electron chi connectivity index (χ0n) is 13.1. The average Bonchev–Trinajstić information content (AvgIpc) is 2.58. The Morgan fingerprint density at radius 3 is 1.59 bits per heavy atom. The van der Waals surface area contributed by atoms with Crippen molar-refractivity contribution in [3.8, 4) is 0 Å². The molecule has 0 aliphatic rings. The van der Waals surface area contributed by atoms with Crippen molar-refractivity contribution >= 4 is 11.9 Å². The van der Waals surface area contributed by atoms with Crippen molar-refractivity contribution in [1.29, 1.82) is 0 Å². The third-order valence-electron chi connectivity index (χ3n) is 2.77. The number of unbranched alkanes of at least 4 members (excludes halogenated alkanes) is 3. The fraction of sp³-hybridized carbons (Fsp3) is 0.500. The number of methoxy groups -OCH3 is 2. The second-order valence-electron chi connectivity index (χ2n) is 4.43. The van der Waals surface area contributed by atoms with Crippen LogP contribution in [-0.2, 0) is 9.47 Å². The second-order valence-corrected chi connectivity index (χ2v) is 4.43. The third-order valence-corrected chi connectivity index (χ3v) is 2.77. The molecule has 1 rings (SSSR count). The van der Waals surface area contributed by atoms with E-state index in [1.165, 1.54) is 20.3 Å². The zero-order valence-corrected chi connectivity index (χ0v) is 13.1. The summed E-state index contributed by atoms with van der Waals surface area (Å²) in [5.41, 5.74) is 0.658. The number of hydrogen-bond donors (Lipinski definition) is 2. The van der Waals surface area contributed by atoms with Gasteiger partial charge in [0, 0.05) is 13.2 Å². The molecule has 0 amide bonds. The molecule has 0 bridgehead atoms. The van der Waals surface area contributed by atoms with Gasteiger partial charge in [-0.1, -0.05) is 18.9 Å². The van der Waals surface area contributed by atoms with Gasteiger partial charge >= 0.3 is 11.9 Å². The first kappa shape index (κ1) is 20.1. The molecular weight excluding hydrogens is 288 g/mol. The monoisotopic (exact) mass is 312 g/mol. The average molecular weight is 312 g/mol. The predicted octanol–water partition coefficient (Wildman–Crippen LogP) is 1.79. The molecule has 22 heavy (non-hydrogen) atoms. The number of rotatable bonds is 7. The van der Waals surface area contributed by atoms with Crippen LogP contribution in [0.2, 0.25) is 0 Å². The molecule has 2 N–H and O–H groups in total. The number of ether oxygens (including phenoxy) is 2. The van der Waals surface area contributed by atoms with Gasteiger partial charge in [0.25, 0.3) is 0 Å². The van der Waals surface area contributed by atoms with Crippen LogP contribution in [-0.4, -0.2) is 49.6 Å². The van der Waals surface area contributed by atoms with E-state index in [9.17, 15) is 9.59 Å². The fourth-order valence-corrected chi connectivity index (χ4v) is 1.59. The first-order chi connectivity index (χ1) is 10.6. The Labute approximate surface area is 130 Å². The van der Waals surface area contributed by atoms with E-state index in [-0.39, 0.29) is 13.2 Å². The lowest BCUT2D eigenvalue weighted by atomic mass is 10.1. The number of carbonyl (C=O) groups excluding carboxylic acids is 2. The standard InChI is InChI=1S/C10H10O4.C6H14O2/c1-13-9(11)7-4-3-5-8(6-7)10(12)14-2;7-5-3-1-2-4-6-8/h3-6H,1-2H3;7-8H,1-6H2. The number of esters is 2. The molecule has 0 saturated heterocycles. The highest BCUT2D eigenvalue weighted by Crippen LogP contribution is 2.07. The summed E-state index contributed by atoms with van der Waals surface area (Å²) in [6.45, 7) is 0.566. The van der Waals surface area contributed by atoms with Gasteiger partial charge in [0.05, 0.1) is 25.3 Å². The Hall–Kier alpha value is -1.92. The van der Waals surface area contributed by atoms with Crippen molar-refractivity contribution in [3.63, 3.8) is 0 Å². The van der Waals surface area contributed by atoms with Crippen LogP contribution in [0.1, 0.15) is 46.4 Å². The summed E-state index contributed by atoms with van der Waals surface area (Å²) in [5, 5.41) is 16.6. The number of aliphatic hydroxyl groups excluding tert-OH is 2. The van der Waals surface area contributed by atoms with Crippen LogP contribution in [0.3, 0.4) is 0 Å². The maximum absolute atomic E-state index is 11.1. The van der Waals surface area contributed by atoms with Crippen molar-refractivity contribution in [3.05, 3.63) is 35.4 Å². The van der Waals surface area contributed by atoms with Crippen molar-refractivity contribution in [1.82, 2.24) is 0 Å². The van der Waals surface area contributed by atoms with Gasteiger partial charge in [-0.15, -0.1) is 0 Å². The molecule has 0 atom stereocenters. The third kappa shape index (κ3) is 8.39. The van der Waals surface area contributed by atoms with Crippen LogP contribution in [0.4, 0.5) is 0 Å². The molecule has 0 saturated carbocycles. The van der Waals surface area contributed by atoms with Gasteiger partial charge in [-0.3, -0.25) is 0 Å². The first-order valence-electron chi connectivity index (χ1n) is 7.09. The highest BCUT2D eigenvalue weighted by molar-refractivity contribution is 5.95. The van der Waals surface area contributed by atoms with Gasteiger partial charge in [0.1, 0.15) is 0 Å². The Morgan fingerprint density at radius 2 is 1.27 bits per heavy atom. The van der Waals surface area contributed by atoms with Crippen LogP contribution < -0.4 is 0 Å². The van der Waals surface area contributed by atoms with Crippen molar-refractivity contribution in [2.24, 2.45) is 0 Å². The van der Waals surface area contributed by atoms with Gasteiger partial charge in [-0.2, -0.15) is 0 Å². The zero-order chi connectivity index (χ0) is 16.8. The molecule has 0 aliphatic carbocycles. The molecule has 6 heteroatoms. The topological polar surface area (TPSA) is 93.1 Å². The normalized spacial score (nSPS) is 9.45. The number of hydrogen-bond acceptors (Lipinski definition) is 6. The van der Waals surface area contributed by atoms with Gasteiger partial charge in [0.15, 0.2) is 0 Å².